The van der Waals surface area contributed by atoms with E-state index in [9.17, 15) is 14.4 Å². The zero-order valence-corrected chi connectivity index (χ0v) is 43.9. The van der Waals surface area contributed by atoms with Gasteiger partial charge in [0, 0.05) is 19.3 Å². The van der Waals surface area contributed by atoms with Crippen LogP contribution in [-0.2, 0) is 28.6 Å². The van der Waals surface area contributed by atoms with Gasteiger partial charge in [-0.15, -0.1) is 0 Å². The second-order valence-corrected chi connectivity index (χ2v) is 20.6. The number of unbranched alkanes of at least 4 members (excludes halogenated alkanes) is 36. The summed E-state index contributed by atoms with van der Waals surface area (Å²) in [6.45, 7) is 11.4. The number of esters is 3. The molecule has 6 heteroatoms. The SMILES string of the molecule is CCCCCCCCCCCCCC(=O)O[C@@H](COC(=O)CCCCCCCCCCCCCCCCCCCCC(C)CC)COC(=O)CCCCCCCCCCCCC(C)C. The lowest BCUT2D eigenvalue weighted by molar-refractivity contribution is -0.167. The first kappa shape index (κ1) is 62.4. The lowest BCUT2D eigenvalue weighted by atomic mass is 9.99. The summed E-state index contributed by atoms with van der Waals surface area (Å²) in [5, 5.41) is 0. The number of hydrogen-bond donors (Lipinski definition) is 0. The zero-order chi connectivity index (χ0) is 46.8. The predicted molar refractivity (Wildman–Crippen MR) is 275 cm³/mol. The van der Waals surface area contributed by atoms with E-state index in [0.29, 0.717) is 19.3 Å². The van der Waals surface area contributed by atoms with Crippen LogP contribution in [0.4, 0.5) is 0 Å². The molecule has 0 bridgehead atoms. The summed E-state index contributed by atoms with van der Waals surface area (Å²) >= 11 is 0. The summed E-state index contributed by atoms with van der Waals surface area (Å²) in [6, 6.07) is 0. The van der Waals surface area contributed by atoms with Crippen LogP contribution < -0.4 is 0 Å². The Kier molecular flexibility index (Phi) is 49.6. The molecule has 0 N–H and O–H groups in total. The lowest BCUT2D eigenvalue weighted by Crippen LogP contribution is -2.30. The van der Waals surface area contributed by atoms with Crippen molar-refractivity contribution in [2.45, 2.75) is 330 Å². The third-order valence-corrected chi connectivity index (χ3v) is 13.6. The quantitative estimate of drug-likeness (QED) is 0.0344. The van der Waals surface area contributed by atoms with Gasteiger partial charge in [-0.1, -0.05) is 285 Å². The van der Waals surface area contributed by atoms with Crippen molar-refractivity contribution in [3.8, 4) is 0 Å². The maximum atomic E-state index is 12.8. The van der Waals surface area contributed by atoms with Crippen molar-refractivity contribution in [2.24, 2.45) is 11.8 Å². The second-order valence-electron chi connectivity index (χ2n) is 20.6. The molecule has 64 heavy (non-hydrogen) atoms. The van der Waals surface area contributed by atoms with Gasteiger partial charge >= 0.3 is 17.9 Å². The smallest absolute Gasteiger partial charge is 0.306 e. The molecule has 0 radical (unpaired) electrons. The molecule has 1 unspecified atom stereocenters. The topological polar surface area (TPSA) is 78.9 Å². The highest BCUT2D eigenvalue weighted by Crippen LogP contribution is 2.18. The largest absolute Gasteiger partial charge is 0.462 e. The average molecular weight is 906 g/mol. The molecule has 0 saturated heterocycles. The van der Waals surface area contributed by atoms with Crippen molar-refractivity contribution in [2.75, 3.05) is 13.2 Å². The monoisotopic (exact) mass is 905 g/mol. The average Bonchev–Trinajstić information content (AvgIpc) is 3.28. The fourth-order valence-corrected chi connectivity index (χ4v) is 8.84. The van der Waals surface area contributed by atoms with Crippen LogP contribution in [0.3, 0.4) is 0 Å². The molecule has 0 aliphatic rings. The Morgan fingerprint density at radius 1 is 0.328 bits per heavy atom. The van der Waals surface area contributed by atoms with Crippen molar-refractivity contribution in [3.05, 3.63) is 0 Å². The van der Waals surface area contributed by atoms with Gasteiger partial charge in [0.05, 0.1) is 0 Å². The van der Waals surface area contributed by atoms with Crippen molar-refractivity contribution in [3.63, 3.8) is 0 Å². The molecule has 0 aromatic rings. The van der Waals surface area contributed by atoms with Crippen LogP contribution in [0.5, 0.6) is 0 Å². The van der Waals surface area contributed by atoms with E-state index in [4.69, 9.17) is 14.2 Å². The Labute approximate surface area is 399 Å². The van der Waals surface area contributed by atoms with E-state index in [1.54, 1.807) is 0 Å². The van der Waals surface area contributed by atoms with Gasteiger partial charge in [-0.3, -0.25) is 14.4 Å². The van der Waals surface area contributed by atoms with Crippen molar-refractivity contribution in [1.82, 2.24) is 0 Å². The Morgan fingerprint density at radius 3 is 0.891 bits per heavy atom. The third-order valence-electron chi connectivity index (χ3n) is 13.6. The minimum atomic E-state index is -0.762. The maximum Gasteiger partial charge on any atom is 0.306 e. The molecule has 0 aliphatic heterocycles. The molecular weight excluding hydrogens is 793 g/mol. The highest BCUT2D eigenvalue weighted by Gasteiger charge is 2.19. The molecule has 0 aromatic heterocycles. The summed E-state index contributed by atoms with van der Waals surface area (Å²) in [5.41, 5.74) is 0. The first-order chi connectivity index (χ1) is 31.3. The number of hydrogen-bond acceptors (Lipinski definition) is 6. The molecule has 0 amide bonds. The van der Waals surface area contributed by atoms with E-state index in [1.165, 1.54) is 212 Å². The molecule has 380 valence electrons. The summed E-state index contributed by atoms with van der Waals surface area (Å²) < 4.78 is 16.9. The standard InChI is InChI=1S/C58H112O6/c1-6-8-9-10-11-12-21-30-35-40-45-50-58(61)64-55(52-63-57(60)49-44-39-34-29-25-24-26-31-36-41-46-53(3)4)51-62-56(59)48-43-38-33-28-23-20-18-16-14-13-15-17-19-22-27-32-37-42-47-54(5)7-2/h53-55H,6-52H2,1-5H3/t54?,55-/m0/s1. The molecule has 0 aromatic carbocycles. The van der Waals surface area contributed by atoms with E-state index in [1.807, 2.05) is 0 Å². The Bertz CT molecular complexity index is 980. The van der Waals surface area contributed by atoms with E-state index < -0.39 is 6.10 Å². The van der Waals surface area contributed by atoms with Gasteiger partial charge in [-0.05, 0) is 31.1 Å². The van der Waals surface area contributed by atoms with E-state index in [0.717, 1.165) is 69.6 Å². The number of carbonyl (C=O) groups excluding carboxylic acids is 3. The minimum Gasteiger partial charge on any atom is -0.462 e. The molecule has 0 aliphatic carbocycles. The summed E-state index contributed by atoms with van der Waals surface area (Å²) in [4.78, 5) is 38.0. The van der Waals surface area contributed by atoms with E-state index >= 15 is 0 Å². The summed E-state index contributed by atoms with van der Waals surface area (Å²) in [5.74, 6) is 0.886. The van der Waals surface area contributed by atoms with Gasteiger partial charge in [-0.2, -0.15) is 0 Å². The highest BCUT2D eigenvalue weighted by molar-refractivity contribution is 5.71. The first-order valence-corrected chi connectivity index (χ1v) is 28.8. The van der Waals surface area contributed by atoms with Gasteiger partial charge in [0.15, 0.2) is 6.10 Å². The number of rotatable bonds is 52. The fraction of sp³-hybridized carbons (Fsp3) is 0.948. The zero-order valence-electron chi connectivity index (χ0n) is 43.9. The van der Waals surface area contributed by atoms with Crippen LogP contribution in [-0.4, -0.2) is 37.2 Å². The normalized spacial score (nSPS) is 12.5. The van der Waals surface area contributed by atoms with Crippen LogP contribution in [0.1, 0.15) is 324 Å². The molecule has 0 saturated carbocycles. The lowest BCUT2D eigenvalue weighted by Gasteiger charge is -2.18. The van der Waals surface area contributed by atoms with Crippen molar-refractivity contribution < 1.29 is 28.6 Å². The van der Waals surface area contributed by atoms with E-state index in [-0.39, 0.29) is 31.1 Å². The number of carbonyl (C=O) groups is 3. The van der Waals surface area contributed by atoms with Crippen molar-refractivity contribution in [1.29, 1.82) is 0 Å². The molecule has 0 heterocycles. The van der Waals surface area contributed by atoms with Gasteiger partial charge < -0.3 is 14.2 Å². The van der Waals surface area contributed by atoms with Crippen LogP contribution in [0.2, 0.25) is 0 Å². The molecule has 6 nitrogen and oxygen atoms in total. The van der Waals surface area contributed by atoms with Gasteiger partial charge in [0.1, 0.15) is 13.2 Å². The summed E-state index contributed by atoms with van der Waals surface area (Å²) in [7, 11) is 0. The van der Waals surface area contributed by atoms with Gasteiger partial charge in [-0.25, -0.2) is 0 Å². The molecule has 0 rings (SSSR count). The molecule has 0 fully saturated rings. The van der Waals surface area contributed by atoms with E-state index in [2.05, 4.69) is 34.6 Å². The van der Waals surface area contributed by atoms with Gasteiger partial charge in [0.25, 0.3) is 0 Å². The number of ether oxygens (including phenoxy) is 3. The molecule has 2 atom stereocenters. The molecular formula is C58H112O6. The van der Waals surface area contributed by atoms with Crippen LogP contribution in [0.25, 0.3) is 0 Å². The highest BCUT2D eigenvalue weighted by atomic mass is 16.6. The second kappa shape index (κ2) is 50.8. The molecule has 0 spiro atoms. The fourth-order valence-electron chi connectivity index (χ4n) is 8.84. The van der Waals surface area contributed by atoms with Crippen LogP contribution in [0, 0.1) is 11.8 Å². The Balaban J connectivity index is 4.19. The third kappa shape index (κ3) is 49.8. The first-order valence-electron chi connectivity index (χ1n) is 28.8. The predicted octanol–water partition coefficient (Wildman–Crippen LogP) is 18.9. The van der Waals surface area contributed by atoms with Crippen molar-refractivity contribution >= 4 is 17.9 Å². The minimum absolute atomic E-state index is 0.0629. The summed E-state index contributed by atoms with van der Waals surface area (Å²) in [6.07, 6.45) is 53.8. The Hall–Kier alpha value is -1.59. The maximum absolute atomic E-state index is 12.8. The van der Waals surface area contributed by atoms with Crippen LogP contribution in [0.15, 0.2) is 0 Å². The van der Waals surface area contributed by atoms with Gasteiger partial charge in [0.2, 0.25) is 0 Å². The van der Waals surface area contributed by atoms with Crippen LogP contribution >= 0.6 is 0 Å². The Morgan fingerprint density at radius 2 is 0.594 bits per heavy atom.